The molecular weight excluding hydrogens is 326 g/mol. The molecule has 0 saturated carbocycles. The van der Waals surface area contributed by atoms with E-state index in [0.717, 1.165) is 6.42 Å². The van der Waals surface area contributed by atoms with Crippen LogP contribution in [-0.2, 0) is 14.3 Å². The molecule has 25 heavy (non-hydrogen) atoms. The Labute approximate surface area is 147 Å². The van der Waals surface area contributed by atoms with E-state index in [2.05, 4.69) is 5.32 Å². The summed E-state index contributed by atoms with van der Waals surface area (Å²) >= 11 is 0. The first-order valence-electron chi connectivity index (χ1n) is 8.23. The van der Waals surface area contributed by atoms with Crippen LogP contribution in [0.2, 0.25) is 0 Å². The first-order valence-corrected chi connectivity index (χ1v) is 8.23. The summed E-state index contributed by atoms with van der Waals surface area (Å²) < 4.78 is 9.91. The van der Waals surface area contributed by atoms with Crippen molar-refractivity contribution >= 4 is 18.0 Å². The van der Waals surface area contributed by atoms with Gasteiger partial charge in [0.05, 0.1) is 11.5 Å². The molecule has 0 aromatic heterocycles. The molecular formula is C18H25NO6. The summed E-state index contributed by atoms with van der Waals surface area (Å²) in [6.07, 6.45) is -0.708. The second-order valence-electron chi connectivity index (χ2n) is 6.13. The van der Waals surface area contributed by atoms with Crippen molar-refractivity contribution in [2.24, 2.45) is 11.8 Å². The van der Waals surface area contributed by atoms with Crippen LogP contribution < -0.4 is 5.32 Å². The molecule has 0 heterocycles. The molecule has 2 atom stereocenters. The van der Waals surface area contributed by atoms with Gasteiger partial charge in [-0.25, -0.2) is 9.59 Å². The molecule has 0 fully saturated rings. The van der Waals surface area contributed by atoms with E-state index in [0.29, 0.717) is 17.9 Å². The van der Waals surface area contributed by atoms with E-state index in [4.69, 9.17) is 14.6 Å². The Hall–Kier alpha value is -2.57. The van der Waals surface area contributed by atoms with E-state index in [1.165, 1.54) is 6.92 Å². The van der Waals surface area contributed by atoms with E-state index in [1.807, 2.05) is 13.8 Å². The minimum Gasteiger partial charge on any atom is -0.481 e. The quantitative estimate of drug-likeness (QED) is 0.524. The highest BCUT2D eigenvalue weighted by Gasteiger charge is 2.20. The van der Waals surface area contributed by atoms with Gasteiger partial charge in [0.2, 0.25) is 6.29 Å². The van der Waals surface area contributed by atoms with Gasteiger partial charge < -0.3 is 19.9 Å². The summed E-state index contributed by atoms with van der Waals surface area (Å²) in [5, 5.41) is 11.6. The topological polar surface area (TPSA) is 102 Å². The number of rotatable bonds is 9. The van der Waals surface area contributed by atoms with Crippen LogP contribution in [0, 0.1) is 11.8 Å². The number of nitrogens with one attached hydrogen (secondary N) is 1. The number of amides is 1. The van der Waals surface area contributed by atoms with Crippen LogP contribution in [0.4, 0.5) is 4.79 Å². The summed E-state index contributed by atoms with van der Waals surface area (Å²) in [7, 11) is 0. The highest BCUT2D eigenvalue weighted by atomic mass is 16.7. The van der Waals surface area contributed by atoms with Crippen LogP contribution >= 0.6 is 0 Å². The molecule has 0 saturated heterocycles. The molecule has 1 aromatic carbocycles. The minimum absolute atomic E-state index is 0.0414. The van der Waals surface area contributed by atoms with Gasteiger partial charge in [0.15, 0.2) is 0 Å². The number of hydrogen-bond acceptors (Lipinski definition) is 5. The van der Waals surface area contributed by atoms with E-state index in [9.17, 15) is 14.4 Å². The molecule has 7 nitrogen and oxygen atoms in total. The second kappa shape index (κ2) is 10.3. The monoisotopic (exact) mass is 351 g/mol. The lowest BCUT2D eigenvalue weighted by Crippen LogP contribution is -2.35. The van der Waals surface area contributed by atoms with E-state index in [-0.39, 0.29) is 6.54 Å². The molecule has 138 valence electrons. The SMILES string of the molecule is CC(C)CCC(CNC(=O)O[C@H](C)OC(=O)c1ccccc1)C(=O)O. The lowest BCUT2D eigenvalue weighted by Gasteiger charge is -2.17. The summed E-state index contributed by atoms with van der Waals surface area (Å²) in [5.74, 6) is -1.88. The van der Waals surface area contributed by atoms with Crippen molar-refractivity contribution in [3.8, 4) is 0 Å². The fourth-order valence-electron chi connectivity index (χ4n) is 2.06. The third-order valence-electron chi connectivity index (χ3n) is 3.49. The van der Waals surface area contributed by atoms with Gasteiger partial charge in [-0.2, -0.15) is 0 Å². The third-order valence-corrected chi connectivity index (χ3v) is 3.49. The van der Waals surface area contributed by atoms with E-state index >= 15 is 0 Å². The summed E-state index contributed by atoms with van der Waals surface area (Å²) in [6.45, 7) is 5.38. The van der Waals surface area contributed by atoms with Crippen molar-refractivity contribution in [3.63, 3.8) is 0 Å². The van der Waals surface area contributed by atoms with Crippen LogP contribution in [0.1, 0.15) is 44.0 Å². The molecule has 1 unspecified atom stereocenters. The molecule has 0 bridgehead atoms. The molecule has 0 aliphatic heterocycles. The minimum atomic E-state index is -1.09. The molecule has 2 N–H and O–H groups in total. The zero-order chi connectivity index (χ0) is 18.8. The van der Waals surface area contributed by atoms with Crippen molar-refractivity contribution in [2.45, 2.75) is 39.9 Å². The van der Waals surface area contributed by atoms with Gasteiger partial charge in [-0.3, -0.25) is 4.79 Å². The lowest BCUT2D eigenvalue weighted by molar-refractivity contribution is -0.141. The lowest BCUT2D eigenvalue weighted by atomic mass is 9.98. The number of benzene rings is 1. The number of carbonyl (C=O) groups excluding carboxylic acids is 2. The Kier molecular flexibility index (Phi) is 8.46. The predicted molar refractivity (Wildman–Crippen MR) is 91.0 cm³/mol. The first-order chi connectivity index (χ1) is 11.8. The Morgan fingerprint density at radius 1 is 1.04 bits per heavy atom. The van der Waals surface area contributed by atoms with Crippen LogP contribution in [0.25, 0.3) is 0 Å². The number of carbonyl (C=O) groups is 3. The third kappa shape index (κ3) is 8.19. The second-order valence-corrected chi connectivity index (χ2v) is 6.13. The number of carboxylic acid groups (broad SMARTS) is 1. The van der Waals surface area contributed by atoms with Crippen molar-refractivity contribution < 1.29 is 29.0 Å². The van der Waals surface area contributed by atoms with E-state index in [1.54, 1.807) is 30.3 Å². The summed E-state index contributed by atoms with van der Waals surface area (Å²) in [4.78, 5) is 34.7. The highest BCUT2D eigenvalue weighted by Crippen LogP contribution is 2.12. The molecule has 0 spiro atoms. The smallest absolute Gasteiger partial charge is 0.410 e. The normalized spacial score (nSPS) is 13.0. The maximum Gasteiger partial charge on any atom is 0.410 e. The van der Waals surface area contributed by atoms with Crippen molar-refractivity contribution in [1.82, 2.24) is 5.32 Å². The van der Waals surface area contributed by atoms with Crippen molar-refractivity contribution in [2.75, 3.05) is 6.54 Å². The Balaban J connectivity index is 2.39. The average molecular weight is 351 g/mol. The van der Waals surface area contributed by atoms with Gasteiger partial charge in [-0.05, 0) is 24.5 Å². The van der Waals surface area contributed by atoms with Crippen LogP contribution in [0.15, 0.2) is 30.3 Å². The molecule has 0 aliphatic carbocycles. The number of esters is 1. The van der Waals surface area contributed by atoms with Gasteiger partial charge in [0.25, 0.3) is 0 Å². The fourth-order valence-corrected chi connectivity index (χ4v) is 2.06. The van der Waals surface area contributed by atoms with Crippen LogP contribution in [0.5, 0.6) is 0 Å². The van der Waals surface area contributed by atoms with Crippen molar-refractivity contribution in [3.05, 3.63) is 35.9 Å². The molecule has 1 rings (SSSR count). The largest absolute Gasteiger partial charge is 0.481 e. The van der Waals surface area contributed by atoms with Crippen LogP contribution in [-0.4, -0.2) is 36.0 Å². The van der Waals surface area contributed by atoms with Gasteiger partial charge >= 0.3 is 18.0 Å². The Morgan fingerprint density at radius 3 is 2.24 bits per heavy atom. The van der Waals surface area contributed by atoms with Crippen molar-refractivity contribution in [1.29, 1.82) is 0 Å². The molecule has 0 aliphatic rings. The van der Waals surface area contributed by atoms with Crippen LogP contribution in [0.3, 0.4) is 0 Å². The van der Waals surface area contributed by atoms with Gasteiger partial charge in [0.1, 0.15) is 0 Å². The average Bonchev–Trinajstić information content (AvgIpc) is 2.54. The number of alkyl carbamates (subject to hydrolysis) is 1. The highest BCUT2D eigenvalue weighted by molar-refractivity contribution is 5.89. The zero-order valence-electron chi connectivity index (χ0n) is 14.7. The number of ether oxygens (including phenoxy) is 2. The fraction of sp³-hybridized carbons (Fsp3) is 0.500. The maximum absolute atomic E-state index is 11.8. The van der Waals surface area contributed by atoms with Gasteiger partial charge in [-0.15, -0.1) is 0 Å². The number of hydrogen-bond donors (Lipinski definition) is 2. The first kappa shape index (κ1) is 20.5. The number of aliphatic carboxylic acids is 1. The standard InChI is InChI=1S/C18H25NO6/c1-12(2)9-10-15(16(20)21)11-19-18(23)25-13(3)24-17(22)14-7-5-4-6-8-14/h4-8,12-13,15H,9-11H2,1-3H3,(H,19,23)(H,20,21)/t13-,15?/m1/s1. The molecule has 1 aromatic rings. The molecule has 0 radical (unpaired) electrons. The molecule has 1 amide bonds. The van der Waals surface area contributed by atoms with Gasteiger partial charge in [0, 0.05) is 13.5 Å². The molecule has 7 heteroatoms. The summed E-state index contributed by atoms with van der Waals surface area (Å²) in [6, 6.07) is 8.32. The Bertz CT molecular complexity index is 572. The number of carboxylic acids is 1. The van der Waals surface area contributed by atoms with E-state index < -0.39 is 30.2 Å². The Morgan fingerprint density at radius 2 is 1.68 bits per heavy atom. The zero-order valence-corrected chi connectivity index (χ0v) is 14.7. The van der Waals surface area contributed by atoms with Gasteiger partial charge in [-0.1, -0.05) is 38.5 Å². The maximum atomic E-state index is 11.8. The summed E-state index contributed by atoms with van der Waals surface area (Å²) in [5.41, 5.74) is 0.345. The predicted octanol–water partition coefficient (Wildman–Crippen LogP) is 3.05.